The standard InChI is InChI=1S/C14H16ClN5O4S/c1-9-16-12(19-14(17-9)24-2)18-13(21)20-25(22,23)11-6-4-3-5-10(11)7-8-15/h3-6H,7-8H2,1-2H3,(H2,16,17,18,19,20,21). The van der Waals surface area contributed by atoms with E-state index in [0.717, 1.165) is 0 Å². The third-order valence-electron chi connectivity index (χ3n) is 2.99. The third kappa shape index (κ3) is 5.00. The first kappa shape index (κ1) is 18.9. The summed E-state index contributed by atoms with van der Waals surface area (Å²) in [6.45, 7) is 1.58. The number of sulfonamides is 1. The van der Waals surface area contributed by atoms with Crippen molar-refractivity contribution in [2.75, 3.05) is 18.3 Å². The Hall–Kier alpha value is -2.46. The van der Waals surface area contributed by atoms with Gasteiger partial charge in [0.15, 0.2) is 0 Å². The Labute approximate surface area is 149 Å². The Balaban J connectivity index is 2.18. The zero-order chi connectivity index (χ0) is 18.4. The SMILES string of the molecule is COc1nc(C)nc(NC(=O)NS(=O)(=O)c2ccccc2CCCl)n1. The molecule has 0 unspecified atom stereocenters. The molecular weight excluding hydrogens is 370 g/mol. The Kier molecular flexibility index (Phi) is 6.10. The van der Waals surface area contributed by atoms with Crippen LogP contribution < -0.4 is 14.8 Å². The molecule has 2 aromatic rings. The number of hydrogen-bond donors (Lipinski definition) is 2. The molecule has 0 aliphatic rings. The van der Waals surface area contributed by atoms with Gasteiger partial charge >= 0.3 is 12.0 Å². The van der Waals surface area contributed by atoms with Crippen molar-refractivity contribution in [2.24, 2.45) is 0 Å². The summed E-state index contributed by atoms with van der Waals surface area (Å²) in [5, 5.41) is 2.24. The van der Waals surface area contributed by atoms with Crippen LogP contribution in [-0.2, 0) is 16.4 Å². The normalized spacial score (nSPS) is 11.0. The predicted molar refractivity (Wildman–Crippen MR) is 91.3 cm³/mol. The Bertz CT molecular complexity index is 875. The second-order valence-electron chi connectivity index (χ2n) is 4.80. The number of rotatable bonds is 6. The number of methoxy groups -OCH3 is 1. The molecule has 0 saturated heterocycles. The van der Waals surface area contributed by atoms with Crippen molar-refractivity contribution in [1.29, 1.82) is 0 Å². The number of aromatic nitrogens is 3. The number of anilines is 1. The van der Waals surface area contributed by atoms with Gasteiger partial charge in [0, 0.05) is 5.88 Å². The van der Waals surface area contributed by atoms with Crippen LogP contribution in [0.25, 0.3) is 0 Å². The van der Waals surface area contributed by atoms with Crippen molar-refractivity contribution in [3.05, 3.63) is 35.7 Å². The molecule has 0 bridgehead atoms. The van der Waals surface area contributed by atoms with E-state index in [1.165, 1.54) is 13.2 Å². The lowest BCUT2D eigenvalue weighted by Gasteiger charge is -2.11. The smallest absolute Gasteiger partial charge is 0.335 e. The first-order chi connectivity index (χ1) is 11.9. The van der Waals surface area contributed by atoms with Crippen LogP contribution in [0.2, 0.25) is 0 Å². The van der Waals surface area contributed by atoms with Gasteiger partial charge in [-0.25, -0.2) is 17.9 Å². The second kappa shape index (κ2) is 8.08. The molecule has 25 heavy (non-hydrogen) atoms. The van der Waals surface area contributed by atoms with Crippen LogP contribution in [0.1, 0.15) is 11.4 Å². The zero-order valence-corrected chi connectivity index (χ0v) is 15.1. The molecule has 1 heterocycles. The molecule has 0 aliphatic carbocycles. The van der Waals surface area contributed by atoms with E-state index < -0.39 is 16.1 Å². The largest absolute Gasteiger partial charge is 0.467 e. The number of nitrogens with zero attached hydrogens (tertiary/aromatic N) is 3. The Morgan fingerprint density at radius 1 is 1.24 bits per heavy atom. The van der Waals surface area contributed by atoms with E-state index in [0.29, 0.717) is 17.8 Å². The quantitative estimate of drug-likeness (QED) is 0.722. The number of benzene rings is 1. The van der Waals surface area contributed by atoms with Crippen LogP contribution in [0.3, 0.4) is 0 Å². The summed E-state index contributed by atoms with van der Waals surface area (Å²) in [4.78, 5) is 23.6. The molecule has 1 aromatic carbocycles. The van der Waals surface area contributed by atoms with Crippen molar-refractivity contribution in [2.45, 2.75) is 18.2 Å². The highest BCUT2D eigenvalue weighted by Gasteiger charge is 2.21. The lowest BCUT2D eigenvalue weighted by molar-refractivity contribution is 0.256. The van der Waals surface area contributed by atoms with Gasteiger partial charge in [-0.2, -0.15) is 15.0 Å². The van der Waals surface area contributed by atoms with Gasteiger partial charge in [-0.3, -0.25) is 5.32 Å². The number of ether oxygens (including phenoxy) is 1. The van der Waals surface area contributed by atoms with Crippen LogP contribution in [-0.4, -0.2) is 42.4 Å². The summed E-state index contributed by atoms with van der Waals surface area (Å²) < 4.78 is 31.6. The molecular formula is C14H16ClN5O4S. The van der Waals surface area contributed by atoms with Crippen LogP contribution in [0.4, 0.5) is 10.7 Å². The molecule has 2 N–H and O–H groups in total. The minimum atomic E-state index is -4.08. The molecule has 9 nitrogen and oxygen atoms in total. The molecule has 0 atom stereocenters. The van der Waals surface area contributed by atoms with E-state index in [2.05, 4.69) is 20.3 Å². The lowest BCUT2D eigenvalue weighted by Crippen LogP contribution is -2.35. The van der Waals surface area contributed by atoms with Crippen LogP contribution in [0.15, 0.2) is 29.2 Å². The molecule has 0 spiro atoms. The maximum atomic E-state index is 12.4. The molecule has 11 heteroatoms. The number of nitrogens with one attached hydrogen (secondary N) is 2. The van der Waals surface area contributed by atoms with Gasteiger partial charge in [-0.05, 0) is 25.0 Å². The van der Waals surface area contributed by atoms with E-state index in [9.17, 15) is 13.2 Å². The van der Waals surface area contributed by atoms with E-state index in [1.54, 1.807) is 25.1 Å². The van der Waals surface area contributed by atoms with Gasteiger partial charge in [-0.1, -0.05) is 18.2 Å². The summed E-state index contributed by atoms with van der Waals surface area (Å²) in [6.07, 6.45) is 0.351. The number of urea groups is 1. The summed E-state index contributed by atoms with van der Waals surface area (Å²) in [5.41, 5.74) is 0.510. The maximum Gasteiger partial charge on any atom is 0.335 e. The number of carbonyl (C=O) groups is 1. The van der Waals surface area contributed by atoms with Crippen LogP contribution in [0, 0.1) is 6.92 Å². The fourth-order valence-electron chi connectivity index (χ4n) is 1.98. The second-order valence-corrected chi connectivity index (χ2v) is 6.83. The van der Waals surface area contributed by atoms with Crippen molar-refractivity contribution in [3.63, 3.8) is 0 Å². The minimum absolute atomic E-state index is 0.00175. The van der Waals surface area contributed by atoms with Crippen molar-refractivity contribution >= 4 is 33.6 Å². The molecule has 0 aliphatic heterocycles. The number of aryl methyl sites for hydroxylation is 2. The predicted octanol–water partition coefficient (Wildman–Crippen LogP) is 1.48. The molecule has 0 saturated carbocycles. The molecule has 0 fully saturated rings. The fraction of sp³-hybridized carbons (Fsp3) is 0.286. The van der Waals surface area contributed by atoms with Gasteiger partial charge in [-0.15, -0.1) is 11.6 Å². The number of amides is 2. The van der Waals surface area contributed by atoms with Gasteiger partial charge in [0.05, 0.1) is 12.0 Å². The Morgan fingerprint density at radius 2 is 1.96 bits per heavy atom. The van der Waals surface area contributed by atoms with E-state index >= 15 is 0 Å². The summed E-state index contributed by atoms with van der Waals surface area (Å²) in [7, 11) is -2.72. The summed E-state index contributed by atoms with van der Waals surface area (Å²) >= 11 is 5.69. The Morgan fingerprint density at radius 3 is 2.64 bits per heavy atom. The fourth-order valence-corrected chi connectivity index (χ4v) is 3.36. The van der Waals surface area contributed by atoms with Crippen molar-refractivity contribution < 1.29 is 17.9 Å². The number of carbonyl (C=O) groups excluding carboxylic acids is 1. The molecule has 1 aromatic heterocycles. The molecule has 0 radical (unpaired) electrons. The average Bonchev–Trinajstić information content (AvgIpc) is 2.54. The van der Waals surface area contributed by atoms with E-state index in [4.69, 9.17) is 16.3 Å². The van der Waals surface area contributed by atoms with Gasteiger partial charge in [0.2, 0.25) is 5.95 Å². The first-order valence-corrected chi connectivity index (χ1v) is 9.12. The first-order valence-electron chi connectivity index (χ1n) is 7.10. The highest BCUT2D eigenvalue weighted by molar-refractivity contribution is 7.90. The average molecular weight is 386 g/mol. The molecule has 134 valence electrons. The topological polar surface area (TPSA) is 123 Å². The van der Waals surface area contributed by atoms with Gasteiger partial charge < -0.3 is 4.74 Å². The lowest BCUT2D eigenvalue weighted by atomic mass is 10.2. The third-order valence-corrected chi connectivity index (χ3v) is 4.61. The van der Waals surface area contributed by atoms with E-state index in [-0.39, 0.29) is 22.7 Å². The van der Waals surface area contributed by atoms with Crippen molar-refractivity contribution in [3.8, 4) is 6.01 Å². The molecule has 2 amide bonds. The monoisotopic (exact) mass is 385 g/mol. The number of alkyl halides is 1. The maximum absolute atomic E-state index is 12.4. The van der Waals surface area contributed by atoms with E-state index in [1.807, 2.05) is 4.72 Å². The summed E-state index contributed by atoms with van der Waals surface area (Å²) in [5.74, 6) is 0.423. The number of halogens is 1. The summed E-state index contributed by atoms with van der Waals surface area (Å²) in [6, 6.07) is 5.28. The highest BCUT2D eigenvalue weighted by atomic mass is 35.5. The number of hydrogen-bond acceptors (Lipinski definition) is 7. The van der Waals surface area contributed by atoms with Gasteiger partial charge in [0.25, 0.3) is 10.0 Å². The van der Waals surface area contributed by atoms with Gasteiger partial charge in [0.1, 0.15) is 5.82 Å². The highest BCUT2D eigenvalue weighted by Crippen LogP contribution is 2.16. The van der Waals surface area contributed by atoms with Crippen LogP contribution >= 0.6 is 11.6 Å². The molecule has 2 rings (SSSR count). The minimum Gasteiger partial charge on any atom is -0.467 e. The van der Waals surface area contributed by atoms with Crippen LogP contribution in [0.5, 0.6) is 6.01 Å². The zero-order valence-electron chi connectivity index (χ0n) is 13.5. The van der Waals surface area contributed by atoms with Crippen molar-refractivity contribution in [1.82, 2.24) is 19.7 Å².